The Balaban J connectivity index is 2.58. The number of thiol groups is 1. The van der Waals surface area contributed by atoms with Crippen molar-refractivity contribution in [3.8, 4) is 16.9 Å². The van der Waals surface area contributed by atoms with Gasteiger partial charge in [-0.1, -0.05) is 42.5 Å². The van der Waals surface area contributed by atoms with Gasteiger partial charge in [-0.05, 0) is 17.2 Å². The van der Waals surface area contributed by atoms with Crippen molar-refractivity contribution in [3.63, 3.8) is 0 Å². The van der Waals surface area contributed by atoms with E-state index in [0.29, 0.717) is 4.90 Å². The van der Waals surface area contributed by atoms with Crippen molar-refractivity contribution in [2.24, 2.45) is 0 Å². The van der Waals surface area contributed by atoms with Gasteiger partial charge in [0.25, 0.3) is 0 Å². The fraction of sp³-hybridized carbons (Fsp3) is 0. The lowest BCUT2D eigenvalue weighted by Crippen LogP contribution is -1.79. The lowest BCUT2D eigenvalue weighted by molar-refractivity contribution is 0.463. The van der Waals surface area contributed by atoms with E-state index in [1.54, 1.807) is 6.07 Å². The number of benzene rings is 2. The van der Waals surface area contributed by atoms with E-state index in [2.05, 4.69) is 12.6 Å². The van der Waals surface area contributed by atoms with E-state index in [1.807, 2.05) is 42.5 Å². The molecule has 0 radical (unpaired) electrons. The smallest absolute Gasteiger partial charge is 0.129 e. The van der Waals surface area contributed by atoms with E-state index in [1.165, 1.54) is 0 Å². The highest BCUT2D eigenvalue weighted by Crippen LogP contribution is 2.32. The van der Waals surface area contributed by atoms with Gasteiger partial charge in [0.1, 0.15) is 5.75 Å². The maximum absolute atomic E-state index is 9.49. The van der Waals surface area contributed by atoms with Gasteiger partial charge in [0.05, 0.1) is 4.90 Å². The largest absolute Gasteiger partial charge is 0.507 e. The lowest BCUT2D eigenvalue weighted by atomic mass is 10.1. The third kappa shape index (κ3) is 1.61. The minimum absolute atomic E-state index is 0.217. The van der Waals surface area contributed by atoms with E-state index in [9.17, 15) is 5.11 Å². The van der Waals surface area contributed by atoms with Gasteiger partial charge in [-0.2, -0.15) is 0 Å². The Hall–Kier alpha value is -1.41. The fourth-order valence-corrected chi connectivity index (χ4v) is 1.66. The molecule has 0 atom stereocenters. The van der Waals surface area contributed by atoms with Crippen LogP contribution >= 0.6 is 12.6 Å². The van der Waals surface area contributed by atoms with Crippen LogP contribution in [0.15, 0.2) is 53.4 Å². The molecule has 70 valence electrons. The van der Waals surface area contributed by atoms with Gasteiger partial charge < -0.3 is 5.11 Å². The zero-order valence-electron chi connectivity index (χ0n) is 7.51. The lowest BCUT2D eigenvalue weighted by Gasteiger charge is -2.06. The number of hydrogen-bond donors (Lipinski definition) is 2. The number of aromatic hydroxyl groups is 1. The third-order valence-electron chi connectivity index (χ3n) is 2.10. The first kappa shape index (κ1) is 9.16. The molecule has 2 aromatic carbocycles. The second-order valence-electron chi connectivity index (χ2n) is 3.04. The molecule has 2 rings (SSSR count). The van der Waals surface area contributed by atoms with Gasteiger partial charge in [0, 0.05) is 0 Å². The molecular weight excluding hydrogens is 192 g/mol. The van der Waals surface area contributed by atoms with Crippen molar-refractivity contribution in [2.45, 2.75) is 4.90 Å². The molecule has 0 saturated heterocycles. The van der Waals surface area contributed by atoms with Crippen LogP contribution in [0.25, 0.3) is 11.1 Å². The predicted octanol–water partition coefficient (Wildman–Crippen LogP) is 3.35. The molecule has 0 aliphatic rings. The summed E-state index contributed by atoms with van der Waals surface area (Å²) in [4.78, 5) is 0.624. The summed E-state index contributed by atoms with van der Waals surface area (Å²) in [7, 11) is 0. The van der Waals surface area contributed by atoms with Crippen LogP contribution in [0.5, 0.6) is 5.75 Å². The van der Waals surface area contributed by atoms with Crippen LogP contribution in [0.1, 0.15) is 0 Å². The summed E-state index contributed by atoms with van der Waals surface area (Å²) in [6.07, 6.45) is 0. The maximum atomic E-state index is 9.49. The van der Waals surface area contributed by atoms with E-state index < -0.39 is 0 Å². The zero-order valence-corrected chi connectivity index (χ0v) is 8.41. The molecule has 2 heteroatoms. The minimum atomic E-state index is 0.217. The quantitative estimate of drug-likeness (QED) is 0.679. The Labute approximate surface area is 88.4 Å². The van der Waals surface area contributed by atoms with Crippen molar-refractivity contribution in [3.05, 3.63) is 48.5 Å². The molecule has 0 unspecified atom stereocenters. The van der Waals surface area contributed by atoms with Crippen LogP contribution in [0, 0.1) is 0 Å². The number of phenols is 1. The summed E-state index contributed by atoms with van der Waals surface area (Å²) in [6.45, 7) is 0. The van der Waals surface area contributed by atoms with E-state index in [0.717, 1.165) is 11.1 Å². The average molecular weight is 202 g/mol. The van der Waals surface area contributed by atoms with Crippen LogP contribution < -0.4 is 0 Å². The first-order valence-corrected chi connectivity index (χ1v) is 4.80. The molecule has 0 aliphatic carbocycles. The average Bonchev–Trinajstić information content (AvgIpc) is 2.23. The predicted molar refractivity (Wildman–Crippen MR) is 60.8 cm³/mol. The van der Waals surface area contributed by atoms with Crippen molar-refractivity contribution < 1.29 is 5.11 Å². The molecule has 2 aromatic rings. The van der Waals surface area contributed by atoms with Crippen LogP contribution in [0.2, 0.25) is 0 Å². The van der Waals surface area contributed by atoms with Crippen LogP contribution in [0.3, 0.4) is 0 Å². The van der Waals surface area contributed by atoms with Crippen LogP contribution in [-0.2, 0) is 0 Å². The molecule has 0 saturated carbocycles. The molecule has 1 N–H and O–H groups in total. The highest BCUT2D eigenvalue weighted by atomic mass is 32.1. The normalized spacial score (nSPS) is 10.1. The van der Waals surface area contributed by atoms with Gasteiger partial charge in [0.15, 0.2) is 0 Å². The Morgan fingerprint density at radius 1 is 0.857 bits per heavy atom. The van der Waals surface area contributed by atoms with Gasteiger partial charge in [-0.15, -0.1) is 12.6 Å². The molecule has 0 heterocycles. The first-order chi connectivity index (χ1) is 6.79. The Bertz CT molecular complexity index is 437. The summed E-state index contributed by atoms with van der Waals surface area (Å²) >= 11 is 4.27. The monoisotopic (exact) mass is 202 g/mol. The molecule has 0 amide bonds. The maximum Gasteiger partial charge on any atom is 0.129 e. The molecule has 0 aromatic heterocycles. The molecule has 0 fully saturated rings. The number of rotatable bonds is 1. The molecule has 0 bridgehead atoms. The molecular formula is C12H10OS. The van der Waals surface area contributed by atoms with Crippen molar-refractivity contribution in [1.29, 1.82) is 0 Å². The zero-order chi connectivity index (χ0) is 9.97. The SMILES string of the molecule is Oc1cccc(-c2ccccc2)c1S. The van der Waals surface area contributed by atoms with Crippen molar-refractivity contribution in [1.82, 2.24) is 0 Å². The summed E-state index contributed by atoms with van der Waals surface area (Å²) in [6, 6.07) is 15.3. The molecule has 0 spiro atoms. The van der Waals surface area contributed by atoms with Crippen LogP contribution in [0.4, 0.5) is 0 Å². The van der Waals surface area contributed by atoms with Crippen molar-refractivity contribution in [2.75, 3.05) is 0 Å². The fourth-order valence-electron chi connectivity index (χ4n) is 1.38. The minimum Gasteiger partial charge on any atom is -0.507 e. The highest BCUT2D eigenvalue weighted by Gasteiger charge is 2.04. The van der Waals surface area contributed by atoms with E-state index >= 15 is 0 Å². The van der Waals surface area contributed by atoms with E-state index in [-0.39, 0.29) is 5.75 Å². The standard InChI is InChI=1S/C12H10OS/c13-11-8-4-7-10(12(11)14)9-5-2-1-3-6-9/h1-8,13-14H. The molecule has 14 heavy (non-hydrogen) atoms. The topological polar surface area (TPSA) is 20.2 Å². The molecule has 1 nitrogen and oxygen atoms in total. The van der Waals surface area contributed by atoms with Crippen LogP contribution in [-0.4, -0.2) is 5.11 Å². The van der Waals surface area contributed by atoms with Gasteiger partial charge in [-0.25, -0.2) is 0 Å². The Morgan fingerprint density at radius 3 is 2.29 bits per heavy atom. The Morgan fingerprint density at radius 2 is 1.57 bits per heavy atom. The summed E-state index contributed by atoms with van der Waals surface area (Å²) in [5.41, 5.74) is 2.02. The summed E-state index contributed by atoms with van der Waals surface area (Å²) in [5.74, 6) is 0.217. The number of hydrogen-bond acceptors (Lipinski definition) is 2. The summed E-state index contributed by atoms with van der Waals surface area (Å²) in [5, 5.41) is 9.49. The third-order valence-corrected chi connectivity index (χ3v) is 2.57. The first-order valence-electron chi connectivity index (χ1n) is 4.35. The highest BCUT2D eigenvalue weighted by molar-refractivity contribution is 7.80. The van der Waals surface area contributed by atoms with Gasteiger partial charge >= 0.3 is 0 Å². The van der Waals surface area contributed by atoms with Crippen molar-refractivity contribution >= 4 is 12.6 Å². The van der Waals surface area contributed by atoms with E-state index in [4.69, 9.17) is 0 Å². The summed E-state index contributed by atoms with van der Waals surface area (Å²) < 4.78 is 0. The van der Waals surface area contributed by atoms with Gasteiger partial charge in [-0.3, -0.25) is 0 Å². The second-order valence-corrected chi connectivity index (χ2v) is 3.49. The molecule has 0 aliphatic heterocycles. The number of phenolic OH excluding ortho intramolecular Hbond substituents is 1. The Kier molecular flexibility index (Phi) is 2.46. The van der Waals surface area contributed by atoms with Gasteiger partial charge in [0.2, 0.25) is 0 Å². The second kappa shape index (κ2) is 3.76.